The maximum absolute atomic E-state index is 12.3. The van der Waals surface area contributed by atoms with Crippen molar-refractivity contribution in [3.8, 4) is 0 Å². The Morgan fingerprint density at radius 3 is 2.56 bits per heavy atom. The molecule has 6 heteroatoms. The Morgan fingerprint density at radius 1 is 1.22 bits per heavy atom. The molecule has 1 aliphatic rings. The maximum atomic E-state index is 12.3. The van der Waals surface area contributed by atoms with E-state index in [4.69, 9.17) is 0 Å². The fourth-order valence-corrected chi connectivity index (χ4v) is 4.29. The molecule has 1 heterocycles. The van der Waals surface area contributed by atoms with Crippen molar-refractivity contribution in [2.45, 2.75) is 69.5 Å². The van der Waals surface area contributed by atoms with Gasteiger partial charge in [-0.05, 0) is 49.1 Å². The molecule has 1 aliphatic carbocycles. The fourth-order valence-electron chi connectivity index (χ4n) is 3.72. The SMILES string of the molecule is CSc1nnc(CCCNC(=O)c2ccc(C(C)C)cc2)n1C1CCCC1. The molecule has 0 atom stereocenters. The van der Waals surface area contributed by atoms with Crippen LogP contribution < -0.4 is 5.32 Å². The first kappa shape index (κ1) is 19.9. The van der Waals surface area contributed by atoms with E-state index in [1.165, 1.54) is 31.2 Å². The second kappa shape index (κ2) is 9.40. The summed E-state index contributed by atoms with van der Waals surface area (Å²) in [5.41, 5.74) is 1.97. The molecule has 0 aliphatic heterocycles. The Bertz CT molecular complexity index is 748. The van der Waals surface area contributed by atoms with Crippen molar-refractivity contribution in [3.63, 3.8) is 0 Å². The molecule has 2 aromatic rings. The third-order valence-corrected chi connectivity index (χ3v) is 5.95. The van der Waals surface area contributed by atoms with Gasteiger partial charge in [0.1, 0.15) is 5.82 Å². The molecule has 3 rings (SSSR count). The highest BCUT2D eigenvalue weighted by Crippen LogP contribution is 2.33. The van der Waals surface area contributed by atoms with Gasteiger partial charge in [0.25, 0.3) is 5.91 Å². The average molecular weight is 387 g/mol. The predicted molar refractivity (Wildman–Crippen MR) is 110 cm³/mol. The topological polar surface area (TPSA) is 59.8 Å². The van der Waals surface area contributed by atoms with Crippen LogP contribution in [0.4, 0.5) is 0 Å². The molecule has 1 saturated carbocycles. The summed E-state index contributed by atoms with van der Waals surface area (Å²) in [5, 5.41) is 12.8. The number of nitrogens with zero attached hydrogens (tertiary/aromatic N) is 3. The zero-order valence-corrected chi connectivity index (χ0v) is 17.4. The summed E-state index contributed by atoms with van der Waals surface area (Å²) in [7, 11) is 0. The van der Waals surface area contributed by atoms with E-state index in [2.05, 4.69) is 40.2 Å². The number of rotatable bonds is 8. The smallest absolute Gasteiger partial charge is 0.251 e. The maximum Gasteiger partial charge on any atom is 0.251 e. The van der Waals surface area contributed by atoms with E-state index in [9.17, 15) is 4.79 Å². The van der Waals surface area contributed by atoms with Crippen LogP contribution >= 0.6 is 11.8 Å². The fraction of sp³-hybridized carbons (Fsp3) is 0.571. The highest BCUT2D eigenvalue weighted by molar-refractivity contribution is 7.98. The number of carbonyl (C=O) groups excluding carboxylic acids is 1. The minimum absolute atomic E-state index is 0.00707. The highest BCUT2D eigenvalue weighted by Gasteiger charge is 2.23. The number of nitrogens with one attached hydrogen (secondary N) is 1. The quantitative estimate of drug-likeness (QED) is 0.532. The minimum atomic E-state index is -0.00707. The number of benzene rings is 1. The minimum Gasteiger partial charge on any atom is -0.352 e. The van der Waals surface area contributed by atoms with Crippen molar-refractivity contribution >= 4 is 17.7 Å². The van der Waals surface area contributed by atoms with Crippen LogP contribution in [0.2, 0.25) is 0 Å². The van der Waals surface area contributed by atoms with Gasteiger partial charge in [0.15, 0.2) is 5.16 Å². The predicted octanol–water partition coefficient (Wildman–Crippen LogP) is 4.60. The van der Waals surface area contributed by atoms with E-state index in [0.717, 1.165) is 29.4 Å². The van der Waals surface area contributed by atoms with Crippen LogP contribution in [0.25, 0.3) is 0 Å². The Balaban J connectivity index is 1.51. The first-order valence-corrected chi connectivity index (χ1v) is 11.2. The van der Waals surface area contributed by atoms with E-state index in [1.807, 2.05) is 24.3 Å². The van der Waals surface area contributed by atoms with Gasteiger partial charge in [0, 0.05) is 24.6 Å². The van der Waals surface area contributed by atoms with Crippen molar-refractivity contribution in [2.24, 2.45) is 0 Å². The van der Waals surface area contributed by atoms with Gasteiger partial charge < -0.3 is 9.88 Å². The van der Waals surface area contributed by atoms with E-state index < -0.39 is 0 Å². The van der Waals surface area contributed by atoms with Crippen LogP contribution in [0.15, 0.2) is 29.4 Å². The molecular formula is C21H30N4OS. The summed E-state index contributed by atoms with van der Waals surface area (Å²) < 4.78 is 2.34. The summed E-state index contributed by atoms with van der Waals surface area (Å²) in [5.74, 6) is 1.53. The van der Waals surface area contributed by atoms with Crippen LogP contribution in [0.1, 0.15) is 79.7 Å². The van der Waals surface area contributed by atoms with E-state index in [1.54, 1.807) is 11.8 Å². The molecule has 5 nitrogen and oxygen atoms in total. The molecule has 1 N–H and O–H groups in total. The molecule has 1 amide bonds. The second-order valence-electron chi connectivity index (χ2n) is 7.55. The van der Waals surface area contributed by atoms with Crippen LogP contribution in [0.5, 0.6) is 0 Å². The van der Waals surface area contributed by atoms with Crippen molar-refractivity contribution in [1.82, 2.24) is 20.1 Å². The second-order valence-corrected chi connectivity index (χ2v) is 8.32. The summed E-state index contributed by atoms with van der Waals surface area (Å²) in [4.78, 5) is 12.3. The Kier molecular flexibility index (Phi) is 6.94. The number of aromatic nitrogens is 3. The van der Waals surface area contributed by atoms with Crippen molar-refractivity contribution in [1.29, 1.82) is 0 Å². The molecule has 0 radical (unpaired) electrons. The van der Waals surface area contributed by atoms with Crippen LogP contribution in [-0.2, 0) is 6.42 Å². The Morgan fingerprint density at radius 2 is 1.93 bits per heavy atom. The third kappa shape index (κ3) is 4.92. The third-order valence-electron chi connectivity index (χ3n) is 5.31. The molecule has 1 aromatic carbocycles. The lowest BCUT2D eigenvalue weighted by molar-refractivity contribution is 0.0953. The number of amides is 1. The molecule has 1 fully saturated rings. The van der Waals surface area contributed by atoms with Gasteiger partial charge in [0.05, 0.1) is 0 Å². The van der Waals surface area contributed by atoms with Gasteiger partial charge in [0.2, 0.25) is 0 Å². The number of hydrogen-bond donors (Lipinski definition) is 1. The Hall–Kier alpha value is -1.82. The summed E-state index contributed by atoms with van der Waals surface area (Å²) in [6, 6.07) is 8.44. The number of aryl methyl sites for hydroxylation is 1. The molecule has 0 saturated heterocycles. The van der Waals surface area contributed by atoms with E-state index >= 15 is 0 Å². The van der Waals surface area contributed by atoms with E-state index in [0.29, 0.717) is 18.5 Å². The van der Waals surface area contributed by atoms with E-state index in [-0.39, 0.29) is 5.91 Å². The molecule has 0 bridgehead atoms. The monoisotopic (exact) mass is 386 g/mol. The van der Waals surface area contributed by atoms with Crippen LogP contribution in [-0.4, -0.2) is 33.5 Å². The van der Waals surface area contributed by atoms with Crippen molar-refractivity contribution in [3.05, 3.63) is 41.2 Å². The highest BCUT2D eigenvalue weighted by atomic mass is 32.2. The van der Waals surface area contributed by atoms with Crippen LogP contribution in [0, 0.1) is 0 Å². The number of carbonyl (C=O) groups is 1. The van der Waals surface area contributed by atoms with Gasteiger partial charge in [-0.3, -0.25) is 4.79 Å². The van der Waals surface area contributed by atoms with Gasteiger partial charge in [-0.25, -0.2) is 0 Å². The molecule has 27 heavy (non-hydrogen) atoms. The standard InChI is InChI=1S/C21H30N4OS/c1-15(2)16-10-12-17(13-11-16)20(26)22-14-6-9-19-23-24-21(27-3)25(19)18-7-4-5-8-18/h10-13,15,18H,4-9,14H2,1-3H3,(H,22,26). The zero-order chi connectivity index (χ0) is 19.2. The molecule has 0 spiro atoms. The normalized spacial score (nSPS) is 14.8. The summed E-state index contributed by atoms with van der Waals surface area (Å²) in [6.45, 7) is 4.96. The van der Waals surface area contributed by atoms with Gasteiger partial charge >= 0.3 is 0 Å². The lowest BCUT2D eigenvalue weighted by Gasteiger charge is -2.16. The molecule has 0 unspecified atom stereocenters. The molecular weight excluding hydrogens is 356 g/mol. The average Bonchev–Trinajstić information content (AvgIpc) is 3.34. The van der Waals surface area contributed by atoms with Crippen molar-refractivity contribution in [2.75, 3.05) is 12.8 Å². The van der Waals surface area contributed by atoms with Crippen molar-refractivity contribution < 1.29 is 4.79 Å². The number of hydrogen-bond acceptors (Lipinski definition) is 4. The lowest BCUT2D eigenvalue weighted by atomic mass is 10.0. The zero-order valence-electron chi connectivity index (χ0n) is 16.6. The number of thioether (sulfide) groups is 1. The van der Waals surface area contributed by atoms with Gasteiger partial charge in [-0.15, -0.1) is 10.2 Å². The van der Waals surface area contributed by atoms with Gasteiger partial charge in [-0.2, -0.15) is 0 Å². The first-order chi connectivity index (χ1) is 13.1. The van der Waals surface area contributed by atoms with Crippen LogP contribution in [0.3, 0.4) is 0 Å². The first-order valence-electron chi connectivity index (χ1n) is 9.96. The molecule has 1 aromatic heterocycles. The largest absolute Gasteiger partial charge is 0.352 e. The Labute approximate surface area is 166 Å². The van der Waals surface area contributed by atoms with Gasteiger partial charge in [-0.1, -0.05) is 50.6 Å². The summed E-state index contributed by atoms with van der Waals surface area (Å²) in [6.07, 6.45) is 8.81. The molecule has 146 valence electrons. The summed E-state index contributed by atoms with van der Waals surface area (Å²) >= 11 is 1.67. The lowest BCUT2D eigenvalue weighted by Crippen LogP contribution is -2.25.